The molecular formula is C20H16Br2N2O5S. The molecule has 0 radical (unpaired) electrons. The van der Waals surface area contributed by atoms with E-state index in [1.807, 2.05) is 0 Å². The summed E-state index contributed by atoms with van der Waals surface area (Å²) in [6.45, 7) is 1.74. The molecule has 1 heterocycles. The smallest absolute Gasteiger partial charge is 0.294 e. The second-order valence-electron chi connectivity index (χ2n) is 6.08. The van der Waals surface area contributed by atoms with Crippen LogP contribution in [0, 0.1) is 0 Å². The number of anilines is 1. The normalized spacial score (nSPS) is 15.0. The Morgan fingerprint density at radius 1 is 1.23 bits per heavy atom. The van der Waals surface area contributed by atoms with Gasteiger partial charge < -0.3 is 15.2 Å². The first-order valence-corrected chi connectivity index (χ1v) is 11.2. The zero-order valence-electron chi connectivity index (χ0n) is 15.6. The summed E-state index contributed by atoms with van der Waals surface area (Å²) in [7, 11) is 0. The molecule has 10 heteroatoms. The Hall–Kier alpha value is -2.30. The van der Waals surface area contributed by atoms with Crippen molar-refractivity contribution in [3.05, 3.63) is 55.8 Å². The van der Waals surface area contributed by atoms with Gasteiger partial charge in [-0.25, -0.2) is 0 Å². The van der Waals surface area contributed by atoms with E-state index in [1.165, 1.54) is 6.08 Å². The molecule has 7 nitrogen and oxygen atoms in total. The lowest BCUT2D eigenvalue weighted by Gasteiger charge is -2.13. The second-order valence-corrected chi connectivity index (χ2v) is 8.78. The lowest BCUT2D eigenvalue weighted by molar-refractivity contribution is -0.127. The van der Waals surface area contributed by atoms with Gasteiger partial charge in [0.1, 0.15) is 6.54 Å². The minimum absolute atomic E-state index is 0.0501. The number of nitrogens with zero attached hydrogens (tertiary/aromatic N) is 1. The van der Waals surface area contributed by atoms with E-state index >= 15 is 0 Å². The Morgan fingerprint density at radius 2 is 1.97 bits per heavy atom. The van der Waals surface area contributed by atoms with E-state index in [2.05, 4.69) is 37.2 Å². The maximum Gasteiger partial charge on any atom is 0.294 e. The van der Waals surface area contributed by atoms with Crippen LogP contribution in [0.25, 0.3) is 6.08 Å². The van der Waals surface area contributed by atoms with Crippen LogP contribution in [0.15, 0.2) is 50.2 Å². The van der Waals surface area contributed by atoms with Gasteiger partial charge in [0.05, 0.1) is 21.7 Å². The molecule has 0 aromatic heterocycles. The number of nitrogens with one attached hydrogen (secondary N) is 1. The summed E-state index contributed by atoms with van der Waals surface area (Å²) < 4.78 is 6.46. The molecule has 0 saturated carbocycles. The molecule has 1 saturated heterocycles. The van der Waals surface area contributed by atoms with Crippen LogP contribution in [0.4, 0.5) is 10.5 Å². The number of para-hydroxylation sites is 1. The highest BCUT2D eigenvalue weighted by Crippen LogP contribution is 2.38. The Bertz CT molecular complexity index is 1060. The van der Waals surface area contributed by atoms with Crippen LogP contribution in [-0.2, 0) is 9.59 Å². The number of phenolic OH excluding ortho intramolecular Hbond substituents is 1. The van der Waals surface area contributed by atoms with Crippen molar-refractivity contribution in [3.8, 4) is 11.5 Å². The number of hydrogen-bond acceptors (Lipinski definition) is 6. The molecule has 0 aliphatic carbocycles. The van der Waals surface area contributed by atoms with Gasteiger partial charge in [0.2, 0.25) is 5.91 Å². The first-order valence-electron chi connectivity index (χ1n) is 8.75. The minimum Gasteiger partial charge on any atom is -0.503 e. The molecule has 0 atom stereocenters. The quantitative estimate of drug-likeness (QED) is 0.487. The zero-order valence-corrected chi connectivity index (χ0v) is 19.6. The molecule has 0 unspecified atom stereocenters. The fraction of sp³-hybridized carbons (Fsp3) is 0.150. The van der Waals surface area contributed by atoms with E-state index in [0.29, 0.717) is 26.8 Å². The number of thioether (sulfide) groups is 1. The number of halogens is 2. The van der Waals surface area contributed by atoms with Gasteiger partial charge in [-0.15, -0.1) is 0 Å². The third-order valence-corrected chi connectivity index (χ3v) is 6.18. The van der Waals surface area contributed by atoms with Crippen LogP contribution in [0.5, 0.6) is 11.5 Å². The molecule has 1 aliphatic heterocycles. The van der Waals surface area contributed by atoms with Crippen LogP contribution in [-0.4, -0.2) is 40.2 Å². The lowest BCUT2D eigenvalue weighted by atomic mass is 10.2. The molecule has 2 aromatic rings. The van der Waals surface area contributed by atoms with Crippen molar-refractivity contribution in [2.75, 3.05) is 18.5 Å². The first kappa shape index (κ1) is 22.4. The standard InChI is InChI=1S/C20H16Br2N2O5S/c1-2-29-15-8-11(7-13(22)18(15)26)9-16-19(27)24(20(28)30-16)10-17(25)23-14-6-4-3-5-12(14)21/h3-9,26H,2,10H2,1H3,(H,23,25)/b16-9+. The van der Waals surface area contributed by atoms with Gasteiger partial charge >= 0.3 is 0 Å². The number of carbonyl (C=O) groups is 3. The van der Waals surface area contributed by atoms with Crippen molar-refractivity contribution in [3.63, 3.8) is 0 Å². The molecule has 3 amide bonds. The van der Waals surface area contributed by atoms with Crippen LogP contribution in [0.3, 0.4) is 0 Å². The highest BCUT2D eigenvalue weighted by molar-refractivity contribution is 9.11. The van der Waals surface area contributed by atoms with Gasteiger partial charge in [-0.05, 0) is 86.5 Å². The Morgan fingerprint density at radius 3 is 2.67 bits per heavy atom. The summed E-state index contributed by atoms with van der Waals surface area (Å²) in [6.07, 6.45) is 1.52. The van der Waals surface area contributed by atoms with Crippen molar-refractivity contribution < 1.29 is 24.2 Å². The average Bonchev–Trinajstić information content (AvgIpc) is 2.95. The molecule has 0 spiro atoms. The lowest BCUT2D eigenvalue weighted by Crippen LogP contribution is -2.36. The summed E-state index contributed by atoms with van der Waals surface area (Å²) in [4.78, 5) is 38.4. The average molecular weight is 556 g/mol. The summed E-state index contributed by atoms with van der Waals surface area (Å²) in [5.41, 5.74) is 1.11. The fourth-order valence-corrected chi connectivity index (χ4v) is 4.31. The molecule has 2 N–H and O–H groups in total. The molecule has 3 rings (SSSR count). The monoisotopic (exact) mass is 554 g/mol. The predicted octanol–water partition coefficient (Wildman–Crippen LogP) is 4.99. The van der Waals surface area contributed by atoms with Crippen molar-refractivity contribution in [1.29, 1.82) is 0 Å². The largest absolute Gasteiger partial charge is 0.503 e. The first-order chi connectivity index (χ1) is 14.3. The van der Waals surface area contributed by atoms with E-state index in [1.54, 1.807) is 43.3 Å². The third-order valence-electron chi connectivity index (χ3n) is 3.97. The maximum absolute atomic E-state index is 12.7. The van der Waals surface area contributed by atoms with E-state index in [0.717, 1.165) is 16.7 Å². The minimum atomic E-state index is -0.561. The Kier molecular flexibility index (Phi) is 7.22. The van der Waals surface area contributed by atoms with E-state index in [-0.39, 0.29) is 16.4 Å². The molecule has 1 aliphatic rings. The van der Waals surface area contributed by atoms with Gasteiger partial charge in [0.25, 0.3) is 11.1 Å². The summed E-state index contributed by atoms with van der Waals surface area (Å²) in [5, 5.41) is 12.2. The highest BCUT2D eigenvalue weighted by Gasteiger charge is 2.36. The SMILES string of the molecule is CCOc1cc(/C=C2/SC(=O)N(CC(=O)Nc3ccccc3Br)C2=O)cc(Br)c1O. The number of aromatic hydroxyl groups is 1. The van der Waals surface area contributed by atoms with Crippen LogP contribution >= 0.6 is 43.6 Å². The molecular weight excluding hydrogens is 540 g/mol. The van der Waals surface area contributed by atoms with Gasteiger partial charge in [0, 0.05) is 4.47 Å². The van der Waals surface area contributed by atoms with Gasteiger partial charge in [-0.3, -0.25) is 19.3 Å². The van der Waals surface area contributed by atoms with Crippen LogP contribution in [0.2, 0.25) is 0 Å². The second kappa shape index (κ2) is 9.67. The zero-order chi connectivity index (χ0) is 21.8. The van der Waals surface area contributed by atoms with Crippen LogP contribution < -0.4 is 10.1 Å². The summed E-state index contributed by atoms with van der Waals surface area (Å²) in [5.74, 6) is -0.845. The van der Waals surface area contributed by atoms with E-state index in [9.17, 15) is 19.5 Å². The van der Waals surface area contributed by atoms with Gasteiger partial charge in [-0.1, -0.05) is 12.1 Å². The number of hydrogen-bond donors (Lipinski definition) is 2. The number of benzene rings is 2. The van der Waals surface area contributed by atoms with Crippen LogP contribution in [0.1, 0.15) is 12.5 Å². The Balaban J connectivity index is 1.76. The van der Waals surface area contributed by atoms with E-state index in [4.69, 9.17) is 4.74 Å². The number of imide groups is 1. The molecule has 2 aromatic carbocycles. The maximum atomic E-state index is 12.7. The van der Waals surface area contributed by atoms with Crippen molar-refractivity contribution >= 4 is 72.4 Å². The fourth-order valence-electron chi connectivity index (χ4n) is 2.63. The molecule has 156 valence electrons. The third kappa shape index (κ3) is 5.05. The Labute approximate surface area is 193 Å². The number of phenols is 1. The summed E-state index contributed by atoms with van der Waals surface area (Å²) in [6, 6.07) is 10.2. The van der Waals surface area contributed by atoms with Gasteiger partial charge in [-0.2, -0.15) is 0 Å². The van der Waals surface area contributed by atoms with Crippen molar-refractivity contribution in [2.24, 2.45) is 0 Å². The molecule has 1 fully saturated rings. The van der Waals surface area contributed by atoms with Crippen molar-refractivity contribution in [2.45, 2.75) is 6.92 Å². The molecule has 30 heavy (non-hydrogen) atoms. The number of ether oxygens (including phenoxy) is 1. The highest BCUT2D eigenvalue weighted by atomic mass is 79.9. The summed E-state index contributed by atoms with van der Waals surface area (Å²) >= 11 is 7.32. The van der Waals surface area contributed by atoms with Gasteiger partial charge in [0.15, 0.2) is 11.5 Å². The number of rotatable bonds is 6. The van der Waals surface area contributed by atoms with E-state index < -0.39 is 23.6 Å². The van der Waals surface area contributed by atoms with Crippen molar-refractivity contribution in [1.82, 2.24) is 4.90 Å². The topological polar surface area (TPSA) is 95.9 Å². The number of carbonyl (C=O) groups excluding carboxylic acids is 3. The predicted molar refractivity (Wildman–Crippen MR) is 122 cm³/mol. The number of amides is 3. The molecule has 0 bridgehead atoms.